The molecule has 4 N–H and O–H groups in total. The second kappa shape index (κ2) is 6.69. The van der Waals surface area contributed by atoms with Gasteiger partial charge in [-0.25, -0.2) is 0 Å². The number of carbonyl (C=O) groups excluding carboxylic acids is 2. The van der Waals surface area contributed by atoms with Gasteiger partial charge in [0.25, 0.3) is 5.91 Å². The molecule has 6 heteroatoms. The number of carbonyl (C=O) groups is 2. The van der Waals surface area contributed by atoms with Gasteiger partial charge in [-0.3, -0.25) is 9.59 Å². The molecule has 1 fully saturated rings. The molecule has 2 amide bonds. The van der Waals surface area contributed by atoms with Crippen LogP contribution in [0.15, 0.2) is 24.3 Å². The topological polar surface area (TPSA) is 95.7 Å². The Hall–Kier alpha value is -1.92. The first-order valence-electron chi connectivity index (χ1n) is 7.10. The maximum Gasteiger partial charge on any atom is 0.254 e. The standard InChI is InChI=1S/C15H21N3O3/c1-2-17-14(20)13-7-12(16)8-18(13)15(21)11-5-3-10(9-19)4-6-11/h3-6,12-13,19H,2,7-9,16H2,1H3,(H,17,20)/t12-,13-/m0/s1. The van der Waals surface area contributed by atoms with E-state index in [4.69, 9.17) is 10.8 Å². The molecule has 0 bridgehead atoms. The maximum absolute atomic E-state index is 12.5. The molecule has 1 aliphatic rings. The number of aliphatic hydroxyl groups is 1. The van der Waals surface area contributed by atoms with Crippen LogP contribution < -0.4 is 11.1 Å². The smallest absolute Gasteiger partial charge is 0.254 e. The summed E-state index contributed by atoms with van der Waals surface area (Å²) in [5, 5.41) is 11.8. The Morgan fingerprint density at radius 1 is 1.38 bits per heavy atom. The zero-order valence-corrected chi connectivity index (χ0v) is 12.1. The van der Waals surface area contributed by atoms with E-state index in [0.29, 0.717) is 25.1 Å². The molecular weight excluding hydrogens is 270 g/mol. The Balaban J connectivity index is 2.16. The Bertz CT molecular complexity index is 515. The zero-order valence-electron chi connectivity index (χ0n) is 12.1. The number of hydrogen-bond donors (Lipinski definition) is 3. The van der Waals surface area contributed by atoms with Gasteiger partial charge in [-0.15, -0.1) is 0 Å². The summed E-state index contributed by atoms with van der Waals surface area (Å²) in [6.45, 7) is 2.68. The third kappa shape index (κ3) is 3.40. The predicted molar refractivity (Wildman–Crippen MR) is 78.5 cm³/mol. The van der Waals surface area contributed by atoms with Crippen molar-refractivity contribution in [3.63, 3.8) is 0 Å². The number of nitrogens with one attached hydrogen (secondary N) is 1. The van der Waals surface area contributed by atoms with E-state index < -0.39 is 6.04 Å². The molecule has 0 unspecified atom stereocenters. The normalized spacial score (nSPS) is 21.4. The van der Waals surface area contributed by atoms with Crippen molar-refractivity contribution in [1.29, 1.82) is 0 Å². The van der Waals surface area contributed by atoms with Crippen molar-refractivity contribution in [2.24, 2.45) is 5.73 Å². The van der Waals surface area contributed by atoms with Crippen molar-refractivity contribution in [2.75, 3.05) is 13.1 Å². The minimum atomic E-state index is -0.509. The minimum absolute atomic E-state index is 0.0649. The van der Waals surface area contributed by atoms with Crippen molar-refractivity contribution in [2.45, 2.75) is 32.0 Å². The summed E-state index contributed by atoms with van der Waals surface area (Å²) in [7, 11) is 0. The van der Waals surface area contributed by atoms with Crippen molar-refractivity contribution >= 4 is 11.8 Å². The van der Waals surface area contributed by atoms with Gasteiger partial charge >= 0.3 is 0 Å². The molecule has 1 aromatic carbocycles. The fourth-order valence-electron chi connectivity index (χ4n) is 2.55. The highest BCUT2D eigenvalue weighted by atomic mass is 16.3. The first-order valence-corrected chi connectivity index (χ1v) is 7.10. The third-order valence-electron chi connectivity index (χ3n) is 3.63. The van der Waals surface area contributed by atoms with Gasteiger partial charge in [-0.1, -0.05) is 12.1 Å². The van der Waals surface area contributed by atoms with Gasteiger partial charge in [0.2, 0.25) is 5.91 Å². The highest BCUT2D eigenvalue weighted by Gasteiger charge is 2.38. The minimum Gasteiger partial charge on any atom is -0.392 e. The van der Waals surface area contributed by atoms with Crippen LogP contribution in [0.2, 0.25) is 0 Å². The highest BCUT2D eigenvalue weighted by molar-refractivity contribution is 5.98. The van der Waals surface area contributed by atoms with E-state index >= 15 is 0 Å². The average Bonchev–Trinajstić information content (AvgIpc) is 2.89. The number of rotatable bonds is 4. The van der Waals surface area contributed by atoms with Gasteiger partial charge in [0.15, 0.2) is 0 Å². The molecule has 0 aliphatic carbocycles. The molecule has 0 saturated carbocycles. The number of nitrogens with zero attached hydrogens (tertiary/aromatic N) is 1. The van der Waals surface area contributed by atoms with Crippen LogP contribution in [0.3, 0.4) is 0 Å². The van der Waals surface area contributed by atoms with E-state index in [0.717, 1.165) is 5.56 Å². The van der Waals surface area contributed by atoms with E-state index in [1.807, 2.05) is 6.92 Å². The number of benzene rings is 1. The van der Waals surface area contributed by atoms with Crippen LogP contribution in [-0.4, -0.2) is 47.0 Å². The lowest BCUT2D eigenvalue weighted by molar-refractivity contribution is -0.124. The van der Waals surface area contributed by atoms with Gasteiger partial charge in [0.05, 0.1) is 6.61 Å². The van der Waals surface area contributed by atoms with Crippen LogP contribution in [0.1, 0.15) is 29.3 Å². The zero-order chi connectivity index (χ0) is 15.4. The molecule has 21 heavy (non-hydrogen) atoms. The van der Waals surface area contributed by atoms with Gasteiger partial charge < -0.3 is 21.1 Å². The highest BCUT2D eigenvalue weighted by Crippen LogP contribution is 2.20. The van der Waals surface area contributed by atoms with Gasteiger partial charge in [0.1, 0.15) is 6.04 Å². The first kappa shape index (κ1) is 15.5. The molecule has 0 spiro atoms. The van der Waals surface area contributed by atoms with E-state index in [2.05, 4.69) is 5.32 Å². The van der Waals surface area contributed by atoms with E-state index in [1.165, 1.54) is 4.90 Å². The van der Waals surface area contributed by atoms with Gasteiger partial charge in [0, 0.05) is 24.7 Å². The second-order valence-corrected chi connectivity index (χ2v) is 5.22. The van der Waals surface area contributed by atoms with Crippen molar-refractivity contribution < 1.29 is 14.7 Å². The Morgan fingerprint density at radius 2 is 2.05 bits per heavy atom. The molecule has 2 atom stereocenters. The molecule has 1 aliphatic heterocycles. The summed E-state index contributed by atoms with van der Waals surface area (Å²) in [6, 6.07) is 6.02. The summed E-state index contributed by atoms with van der Waals surface area (Å²) >= 11 is 0. The monoisotopic (exact) mass is 291 g/mol. The molecule has 1 heterocycles. The second-order valence-electron chi connectivity index (χ2n) is 5.22. The van der Waals surface area contributed by atoms with Crippen molar-refractivity contribution in [3.8, 4) is 0 Å². The summed E-state index contributed by atoms with van der Waals surface area (Å²) in [5.74, 6) is -0.366. The largest absolute Gasteiger partial charge is 0.392 e. The number of aliphatic hydroxyl groups excluding tert-OH is 1. The Labute approximate surface area is 123 Å². The van der Waals surface area contributed by atoms with Crippen LogP contribution in [-0.2, 0) is 11.4 Å². The molecule has 1 saturated heterocycles. The SMILES string of the molecule is CCNC(=O)[C@@H]1C[C@H](N)CN1C(=O)c1ccc(CO)cc1. The fourth-order valence-corrected chi connectivity index (χ4v) is 2.55. The Morgan fingerprint density at radius 3 is 2.62 bits per heavy atom. The molecule has 1 aromatic rings. The van der Waals surface area contributed by atoms with Crippen LogP contribution in [0.4, 0.5) is 0 Å². The molecule has 114 valence electrons. The molecule has 2 rings (SSSR count). The average molecular weight is 291 g/mol. The fraction of sp³-hybridized carbons (Fsp3) is 0.467. The van der Waals surface area contributed by atoms with Crippen LogP contribution in [0.5, 0.6) is 0 Å². The lowest BCUT2D eigenvalue weighted by atomic mass is 10.1. The number of hydrogen-bond acceptors (Lipinski definition) is 4. The quantitative estimate of drug-likeness (QED) is 0.719. The number of likely N-dealkylation sites (N-methyl/N-ethyl adjacent to an activating group) is 1. The summed E-state index contributed by atoms with van der Waals surface area (Å²) < 4.78 is 0. The van der Waals surface area contributed by atoms with Crippen LogP contribution >= 0.6 is 0 Å². The van der Waals surface area contributed by atoms with Crippen molar-refractivity contribution in [3.05, 3.63) is 35.4 Å². The number of amides is 2. The Kier molecular flexibility index (Phi) is 4.93. The molecule has 0 radical (unpaired) electrons. The summed E-state index contributed by atoms with van der Waals surface area (Å²) in [6.07, 6.45) is 0.478. The van der Waals surface area contributed by atoms with E-state index in [1.54, 1.807) is 24.3 Å². The molecule has 0 aromatic heterocycles. The first-order chi connectivity index (χ1) is 10.1. The summed E-state index contributed by atoms with van der Waals surface area (Å²) in [4.78, 5) is 26.1. The maximum atomic E-state index is 12.5. The molecular formula is C15H21N3O3. The van der Waals surface area contributed by atoms with Gasteiger partial charge in [-0.05, 0) is 31.0 Å². The lowest BCUT2D eigenvalue weighted by Crippen LogP contribution is -2.45. The van der Waals surface area contributed by atoms with Gasteiger partial charge in [-0.2, -0.15) is 0 Å². The number of likely N-dealkylation sites (tertiary alicyclic amines) is 1. The van der Waals surface area contributed by atoms with Crippen LogP contribution in [0, 0.1) is 0 Å². The third-order valence-corrected chi connectivity index (χ3v) is 3.63. The van der Waals surface area contributed by atoms with E-state index in [9.17, 15) is 9.59 Å². The molecule has 6 nitrogen and oxygen atoms in total. The lowest BCUT2D eigenvalue weighted by Gasteiger charge is -2.23. The van der Waals surface area contributed by atoms with Crippen molar-refractivity contribution in [1.82, 2.24) is 10.2 Å². The summed E-state index contributed by atoms with van der Waals surface area (Å²) in [5.41, 5.74) is 7.14. The van der Waals surface area contributed by atoms with Crippen LogP contribution in [0.25, 0.3) is 0 Å². The predicted octanol–water partition coefficient (Wildman–Crippen LogP) is -0.143. The number of nitrogens with two attached hydrogens (primary N) is 1. The van der Waals surface area contributed by atoms with E-state index in [-0.39, 0.29) is 24.5 Å².